The third-order valence-electron chi connectivity index (χ3n) is 20.0. The molecule has 0 aliphatic carbocycles. The highest BCUT2D eigenvalue weighted by Gasteiger charge is 2.25. The van der Waals surface area contributed by atoms with Crippen LogP contribution in [0.1, 0.15) is 0 Å². The van der Waals surface area contributed by atoms with Gasteiger partial charge in [-0.2, -0.15) is 19.9 Å². The summed E-state index contributed by atoms with van der Waals surface area (Å²) in [5, 5.41) is 13.6. The van der Waals surface area contributed by atoms with E-state index in [4.69, 9.17) is 38.7 Å². The van der Waals surface area contributed by atoms with Crippen molar-refractivity contribution in [3.8, 4) is 68.8 Å². The second-order valence-electron chi connectivity index (χ2n) is 25.7. The highest BCUT2D eigenvalue weighted by atomic mass is 16.3. The number of rotatable bonds is 8. The van der Waals surface area contributed by atoms with Gasteiger partial charge in [0.1, 0.15) is 22.3 Å². The number of aromatic nitrogens is 10. The molecule has 22 rings (SSSR count). The van der Waals surface area contributed by atoms with Crippen molar-refractivity contribution >= 4 is 131 Å². The number of nitrogens with zero attached hydrogens (tertiary/aromatic N) is 10. The molecule has 14 aromatic carbocycles. The van der Waals surface area contributed by atoms with Crippen LogP contribution in [0.15, 0.2) is 336 Å². The second kappa shape index (κ2) is 22.7. The molecule has 0 radical (unpaired) electrons. The van der Waals surface area contributed by atoms with Crippen LogP contribution in [0, 0.1) is 0 Å². The Labute approximate surface area is 581 Å². The van der Waals surface area contributed by atoms with E-state index in [1.807, 2.05) is 115 Å². The summed E-state index contributed by atoms with van der Waals surface area (Å²) in [5.41, 5.74) is 17.6. The molecule has 8 aromatic heterocycles. The lowest BCUT2D eigenvalue weighted by atomic mass is 10.1. The van der Waals surface area contributed by atoms with E-state index in [1.165, 1.54) is 21.5 Å². The number of fused-ring (bicyclic) bond motifs is 18. The van der Waals surface area contributed by atoms with E-state index in [9.17, 15) is 0 Å². The van der Waals surface area contributed by atoms with Crippen LogP contribution < -0.4 is 0 Å². The minimum atomic E-state index is 0.542. The van der Waals surface area contributed by atoms with Crippen molar-refractivity contribution in [2.75, 3.05) is 0 Å². The first kappa shape index (κ1) is 57.0. The molecule has 12 nitrogen and oxygen atoms in total. The summed E-state index contributed by atoms with van der Waals surface area (Å²) in [7, 11) is 0. The zero-order valence-electron chi connectivity index (χ0n) is 54.5. The molecular weight excluding hydrogens is 1250 g/mol. The van der Waals surface area contributed by atoms with Gasteiger partial charge in [-0.1, -0.05) is 224 Å². The average molecular weight is 1310 g/mol. The van der Waals surface area contributed by atoms with E-state index in [0.717, 1.165) is 143 Å². The number of benzene rings is 14. The van der Waals surface area contributed by atoms with E-state index in [-0.39, 0.29) is 0 Å². The molecule has 0 aliphatic rings. The van der Waals surface area contributed by atoms with E-state index in [1.54, 1.807) is 0 Å². The fraction of sp³-hybridized carbons (Fsp3) is 0. The topological polar surface area (TPSA) is 123 Å². The second-order valence-corrected chi connectivity index (χ2v) is 25.7. The van der Waals surface area contributed by atoms with Crippen molar-refractivity contribution in [1.29, 1.82) is 0 Å². The van der Waals surface area contributed by atoms with Crippen LogP contribution in [0.2, 0.25) is 0 Å². The van der Waals surface area contributed by atoms with Crippen molar-refractivity contribution in [2.45, 2.75) is 0 Å². The number of hydrogen-bond donors (Lipinski definition) is 0. The molecule has 8 heterocycles. The Hall–Kier alpha value is -14.1. The molecule has 0 aliphatic heterocycles. The van der Waals surface area contributed by atoms with Gasteiger partial charge in [-0.3, -0.25) is 9.13 Å². The van der Waals surface area contributed by atoms with Gasteiger partial charge in [0.05, 0.1) is 49.7 Å². The molecule has 12 heteroatoms. The summed E-state index contributed by atoms with van der Waals surface area (Å²) in [6.45, 7) is 0. The zero-order chi connectivity index (χ0) is 66.9. The van der Waals surface area contributed by atoms with Gasteiger partial charge in [0.15, 0.2) is 23.3 Å². The van der Waals surface area contributed by atoms with Gasteiger partial charge in [0.25, 0.3) is 0 Å². The highest BCUT2D eigenvalue weighted by molar-refractivity contribution is 6.21. The minimum Gasteiger partial charge on any atom is -0.456 e. The standard InChI is InChI=1S/2C45H27N5O/c1-3-14-28(15-4-1)43-46-44(34-22-13-21-33-32-20-9-12-25-41(32)51-42(33)34)48-45(47-43)50-38-24-11-8-19-31(38)36-26-35-30-18-7-10-23-37(30)49(39(35)27-40(36)50)29-16-5-2-6-17-29;1-3-13-28(14-4-1)43-46-44(29-23-24-34-33-19-9-12-22-41(33)51-42(34)25-29)48-45(47-43)50-38-21-11-8-18-32(38)36-26-35-31-17-7-10-20-37(31)49(39(35)27-40(36)50)30-15-5-2-6-16-30/h2*1-27H. The molecule has 102 heavy (non-hydrogen) atoms. The molecule has 0 atom stereocenters. The van der Waals surface area contributed by atoms with Crippen LogP contribution in [-0.4, -0.2) is 48.2 Å². The summed E-state index contributed by atoms with van der Waals surface area (Å²) in [6, 6.07) is 114. The van der Waals surface area contributed by atoms with Gasteiger partial charge in [0, 0.05) is 92.7 Å². The molecule has 0 N–H and O–H groups in total. The number of para-hydroxylation sites is 9. The summed E-state index contributed by atoms with van der Waals surface area (Å²) in [6.07, 6.45) is 0. The molecule has 0 bridgehead atoms. The average Bonchev–Trinajstić information content (AvgIpc) is 1.56. The zero-order valence-corrected chi connectivity index (χ0v) is 54.5. The summed E-state index contributed by atoms with van der Waals surface area (Å²) < 4.78 is 21.8. The molecule has 0 fully saturated rings. The Kier molecular flexibility index (Phi) is 12.7. The van der Waals surface area contributed by atoms with Gasteiger partial charge in [-0.05, 0) is 103 Å². The maximum atomic E-state index is 6.48. The molecule has 0 unspecified atom stereocenters. The highest BCUT2D eigenvalue weighted by Crippen LogP contribution is 2.44. The van der Waals surface area contributed by atoms with E-state index >= 15 is 0 Å². The minimum absolute atomic E-state index is 0.542. The molecule has 0 amide bonds. The number of hydrogen-bond acceptors (Lipinski definition) is 8. The van der Waals surface area contributed by atoms with Crippen molar-refractivity contribution < 1.29 is 8.83 Å². The predicted octanol–water partition coefficient (Wildman–Crippen LogP) is 22.6. The van der Waals surface area contributed by atoms with Gasteiger partial charge in [-0.15, -0.1) is 0 Å². The van der Waals surface area contributed by atoms with Crippen molar-refractivity contribution in [3.63, 3.8) is 0 Å². The molecule has 0 spiro atoms. The Bertz CT molecular complexity index is 7130. The third-order valence-corrected chi connectivity index (χ3v) is 20.0. The molecule has 0 saturated heterocycles. The van der Waals surface area contributed by atoms with Crippen LogP contribution in [0.3, 0.4) is 0 Å². The van der Waals surface area contributed by atoms with Crippen LogP contribution in [0.4, 0.5) is 0 Å². The first-order valence-corrected chi connectivity index (χ1v) is 34.1. The number of furan rings is 2. The SMILES string of the molecule is c1ccc(-c2nc(-c3ccc4c(c3)oc3ccccc34)nc(-n3c4ccccc4c4cc5c6ccccc6n(-c6ccccc6)c5cc43)n2)cc1.c1ccc(-c2nc(-c3cccc4c3oc3ccccc34)nc(-n3c4ccccc4c4cc5c6ccccc6n(-c6ccccc6)c5cc43)n2)cc1. The van der Waals surface area contributed by atoms with Crippen LogP contribution in [0.5, 0.6) is 0 Å². The molecule has 22 aromatic rings. The van der Waals surface area contributed by atoms with E-state index in [2.05, 4.69) is 231 Å². The largest absolute Gasteiger partial charge is 0.456 e. The summed E-state index contributed by atoms with van der Waals surface area (Å²) in [5.74, 6) is 3.41. The van der Waals surface area contributed by atoms with Gasteiger partial charge >= 0.3 is 0 Å². The predicted molar refractivity (Wildman–Crippen MR) is 413 cm³/mol. The Morgan fingerprint density at radius 1 is 0.196 bits per heavy atom. The maximum absolute atomic E-state index is 6.48. The Morgan fingerprint density at radius 2 is 0.549 bits per heavy atom. The normalized spacial score (nSPS) is 11.9. The monoisotopic (exact) mass is 1310 g/mol. The van der Waals surface area contributed by atoms with Crippen LogP contribution in [-0.2, 0) is 0 Å². The molecule has 0 saturated carbocycles. The molecule has 476 valence electrons. The van der Waals surface area contributed by atoms with Crippen molar-refractivity contribution in [3.05, 3.63) is 328 Å². The van der Waals surface area contributed by atoms with Crippen molar-refractivity contribution in [2.24, 2.45) is 0 Å². The van der Waals surface area contributed by atoms with Crippen molar-refractivity contribution in [1.82, 2.24) is 48.2 Å². The summed E-state index contributed by atoms with van der Waals surface area (Å²) in [4.78, 5) is 31.0. The Balaban J connectivity index is 0.000000133. The van der Waals surface area contributed by atoms with E-state index < -0.39 is 0 Å². The van der Waals surface area contributed by atoms with Crippen LogP contribution in [0.25, 0.3) is 200 Å². The lowest BCUT2D eigenvalue weighted by Gasteiger charge is -2.12. The van der Waals surface area contributed by atoms with Crippen LogP contribution >= 0.6 is 0 Å². The lowest BCUT2D eigenvalue weighted by molar-refractivity contribution is 0.669. The summed E-state index contributed by atoms with van der Waals surface area (Å²) >= 11 is 0. The fourth-order valence-electron chi connectivity index (χ4n) is 15.4. The quantitative estimate of drug-likeness (QED) is 0.147. The van der Waals surface area contributed by atoms with Gasteiger partial charge in [0.2, 0.25) is 11.9 Å². The first-order valence-electron chi connectivity index (χ1n) is 34.1. The molecular formula is C90H54N10O2. The smallest absolute Gasteiger partial charge is 0.238 e. The lowest BCUT2D eigenvalue weighted by Crippen LogP contribution is -2.06. The van der Waals surface area contributed by atoms with Gasteiger partial charge in [-0.25, -0.2) is 9.97 Å². The third kappa shape index (κ3) is 8.96. The first-order chi connectivity index (χ1) is 50.6. The Morgan fingerprint density at radius 3 is 1.04 bits per heavy atom. The fourth-order valence-corrected chi connectivity index (χ4v) is 15.4. The maximum Gasteiger partial charge on any atom is 0.238 e. The van der Waals surface area contributed by atoms with E-state index in [0.29, 0.717) is 35.2 Å². The van der Waals surface area contributed by atoms with Gasteiger partial charge < -0.3 is 18.0 Å².